The van der Waals surface area contributed by atoms with Gasteiger partial charge in [-0.15, -0.1) is 0 Å². The smallest absolute Gasteiger partial charge is 0.324 e. The molecule has 0 saturated carbocycles. The van der Waals surface area contributed by atoms with Gasteiger partial charge in [0, 0.05) is 6.26 Å². The second kappa shape index (κ2) is 4.88. The van der Waals surface area contributed by atoms with Crippen LogP contribution in [-0.4, -0.2) is 57.0 Å². The Balaban J connectivity index is 4.72. The maximum Gasteiger partial charge on any atom is 0.324 e. The molecule has 10 heteroatoms. The van der Waals surface area contributed by atoms with E-state index in [1.54, 1.807) is 4.72 Å². The molecule has 90 valence electrons. The minimum atomic E-state index is -4.27. The normalized spacial score (nSPS) is 14.8. The van der Waals surface area contributed by atoms with Crippen LogP contribution in [0.3, 0.4) is 0 Å². The monoisotopic (exact) mass is 261 g/mol. The van der Waals surface area contributed by atoms with Gasteiger partial charge in [0.15, 0.2) is 14.9 Å². The molecule has 0 saturated heterocycles. The van der Waals surface area contributed by atoms with Gasteiger partial charge in [0.1, 0.15) is 6.04 Å². The molecule has 1 unspecified atom stereocenters. The molecule has 0 bridgehead atoms. The van der Waals surface area contributed by atoms with Crippen molar-refractivity contribution in [2.45, 2.75) is 6.04 Å². The second-order valence-corrected chi connectivity index (χ2v) is 7.11. The first-order valence-corrected chi connectivity index (χ1v) is 7.30. The van der Waals surface area contributed by atoms with Crippen molar-refractivity contribution in [3.05, 3.63) is 0 Å². The molecular weight excluding hydrogens is 250 g/mol. The fraction of sp³-hybridized carbons (Fsp3) is 0.800. The van der Waals surface area contributed by atoms with Gasteiger partial charge in [-0.05, 0) is 0 Å². The third kappa shape index (κ3) is 6.38. The van der Waals surface area contributed by atoms with Gasteiger partial charge in [-0.2, -0.15) is 4.72 Å². The molecule has 0 rings (SSSR count). The van der Waals surface area contributed by atoms with Crippen molar-refractivity contribution in [3.63, 3.8) is 0 Å². The highest BCUT2D eigenvalue weighted by atomic mass is 32.3. The molecule has 0 aliphatic carbocycles. The van der Waals surface area contributed by atoms with Crippen LogP contribution in [0.4, 0.5) is 0 Å². The van der Waals surface area contributed by atoms with Crippen LogP contribution in [0.15, 0.2) is 0 Å². The second-order valence-electron chi connectivity index (χ2n) is 2.85. The van der Waals surface area contributed by atoms with E-state index in [4.69, 9.17) is 10.2 Å². The molecule has 3 N–H and O–H groups in total. The van der Waals surface area contributed by atoms with E-state index < -0.39 is 43.6 Å². The van der Waals surface area contributed by atoms with Crippen LogP contribution in [0.5, 0.6) is 0 Å². The molecule has 0 fully saturated rings. The molecule has 0 heterocycles. The molecule has 0 aromatic carbocycles. The third-order valence-corrected chi connectivity index (χ3v) is 4.77. The van der Waals surface area contributed by atoms with Crippen LogP contribution in [-0.2, 0) is 24.7 Å². The lowest BCUT2D eigenvalue weighted by Crippen LogP contribution is -2.45. The Hall–Kier alpha value is -0.710. The SMILES string of the molecule is CS(=O)(=O)CS(=O)(=O)NC(CO)C(=O)O. The molecule has 1 atom stereocenters. The number of carboxylic acids is 1. The Bertz CT molecular complexity index is 422. The van der Waals surface area contributed by atoms with Crippen molar-refractivity contribution in [1.29, 1.82) is 0 Å². The highest BCUT2D eigenvalue weighted by molar-refractivity contribution is 8.06. The van der Waals surface area contributed by atoms with Gasteiger partial charge in [0.05, 0.1) is 6.61 Å². The van der Waals surface area contributed by atoms with Gasteiger partial charge in [-0.25, -0.2) is 16.8 Å². The summed E-state index contributed by atoms with van der Waals surface area (Å²) < 4.78 is 45.0. The van der Waals surface area contributed by atoms with Gasteiger partial charge in [0.2, 0.25) is 10.0 Å². The van der Waals surface area contributed by atoms with E-state index >= 15 is 0 Å². The van der Waals surface area contributed by atoms with E-state index in [0.29, 0.717) is 6.26 Å². The standard InChI is InChI=1S/C5H11NO7S2/c1-14(10,11)3-15(12,13)6-4(2-7)5(8)9/h4,6-7H,2-3H2,1H3,(H,8,9). The number of hydrogen-bond donors (Lipinski definition) is 3. The molecule has 0 aromatic rings. The first-order chi connectivity index (χ1) is 6.57. The Morgan fingerprint density at radius 3 is 2.07 bits per heavy atom. The van der Waals surface area contributed by atoms with Crippen LogP contribution in [0.2, 0.25) is 0 Å². The molecule has 15 heavy (non-hydrogen) atoms. The topological polar surface area (TPSA) is 138 Å². The van der Waals surface area contributed by atoms with Crippen LogP contribution in [0, 0.1) is 0 Å². The van der Waals surface area contributed by atoms with E-state index in [1.165, 1.54) is 0 Å². The van der Waals surface area contributed by atoms with E-state index in [-0.39, 0.29) is 0 Å². The highest BCUT2D eigenvalue weighted by Crippen LogP contribution is 1.95. The van der Waals surface area contributed by atoms with Gasteiger partial charge in [0.25, 0.3) is 0 Å². The summed E-state index contributed by atoms with van der Waals surface area (Å²) in [6.07, 6.45) is 0.695. The molecule has 0 aromatic heterocycles. The average molecular weight is 261 g/mol. The van der Waals surface area contributed by atoms with Gasteiger partial charge in [-0.3, -0.25) is 4.79 Å². The van der Waals surface area contributed by atoms with Crippen molar-refractivity contribution >= 4 is 25.8 Å². The van der Waals surface area contributed by atoms with Crippen molar-refractivity contribution < 1.29 is 31.8 Å². The quantitative estimate of drug-likeness (QED) is 0.475. The molecule has 0 spiro atoms. The summed E-state index contributed by atoms with van der Waals surface area (Å²) in [5.74, 6) is -1.59. The lowest BCUT2D eigenvalue weighted by molar-refractivity contribution is -0.139. The summed E-state index contributed by atoms with van der Waals surface area (Å²) in [5.41, 5.74) is 0. The molecule has 0 aliphatic heterocycles. The van der Waals surface area contributed by atoms with Crippen molar-refractivity contribution in [2.24, 2.45) is 0 Å². The lowest BCUT2D eigenvalue weighted by atomic mass is 10.3. The molecule has 0 amide bonds. The Morgan fingerprint density at radius 2 is 1.80 bits per heavy atom. The number of aliphatic carboxylic acids is 1. The predicted molar refractivity (Wildman–Crippen MR) is 50.3 cm³/mol. The summed E-state index contributed by atoms with van der Waals surface area (Å²) in [6, 6.07) is -1.74. The number of aliphatic hydroxyl groups is 1. The number of rotatable bonds is 6. The van der Waals surface area contributed by atoms with Gasteiger partial charge in [-0.1, -0.05) is 0 Å². The van der Waals surface area contributed by atoms with Crippen LogP contribution >= 0.6 is 0 Å². The number of nitrogens with one attached hydrogen (secondary N) is 1. The zero-order valence-corrected chi connectivity index (χ0v) is 9.38. The fourth-order valence-electron chi connectivity index (χ4n) is 0.698. The first-order valence-electron chi connectivity index (χ1n) is 3.59. The van der Waals surface area contributed by atoms with Crippen LogP contribution in [0.25, 0.3) is 0 Å². The lowest BCUT2D eigenvalue weighted by Gasteiger charge is -2.11. The Labute approximate surface area is 86.9 Å². The number of hydrogen-bond acceptors (Lipinski definition) is 6. The largest absolute Gasteiger partial charge is 0.480 e. The number of carbonyl (C=O) groups is 1. The van der Waals surface area contributed by atoms with Crippen molar-refractivity contribution in [1.82, 2.24) is 4.72 Å². The van der Waals surface area contributed by atoms with E-state index in [1.807, 2.05) is 0 Å². The zero-order valence-electron chi connectivity index (χ0n) is 7.74. The summed E-state index contributed by atoms with van der Waals surface area (Å²) in [6.45, 7) is -0.960. The summed E-state index contributed by atoms with van der Waals surface area (Å²) in [7, 11) is -8.06. The maximum atomic E-state index is 11.1. The van der Waals surface area contributed by atoms with Crippen LogP contribution in [0.1, 0.15) is 0 Å². The average Bonchev–Trinajstić information content (AvgIpc) is 1.94. The Kier molecular flexibility index (Phi) is 4.65. The zero-order chi connectivity index (χ0) is 12.3. The molecule has 0 aliphatic rings. The number of carboxylic acid groups (broad SMARTS) is 1. The summed E-state index contributed by atoms with van der Waals surface area (Å²) >= 11 is 0. The number of aliphatic hydroxyl groups excluding tert-OH is 1. The maximum absolute atomic E-state index is 11.1. The summed E-state index contributed by atoms with van der Waals surface area (Å²) in [5, 5.41) is 15.7. The van der Waals surface area contributed by atoms with Crippen LogP contribution < -0.4 is 4.72 Å². The number of sulfonamides is 1. The summed E-state index contributed by atoms with van der Waals surface area (Å²) in [4.78, 5) is 10.3. The van der Waals surface area contributed by atoms with E-state index in [0.717, 1.165) is 0 Å². The minimum Gasteiger partial charge on any atom is -0.480 e. The highest BCUT2D eigenvalue weighted by Gasteiger charge is 2.25. The van der Waals surface area contributed by atoms with Crippen molar-refractivity contribution in [2.75, 3.05) is 17.9 Å². The molecule has 8 nitrogen and oxygen atoms in total. The van der Waals surface area contributed by atoms with E-state index in [9.17, 15) is 21.6 Å². The number of sulfone groups is 1. The Morgan fingerprint density at radius 1 is 1.33 bits per heavy atom. The van der Waals surface area contributed by atoms with Gasteiger partial charge < -0.3 is 10.2 Å². The third-order valence-electron chi connectivity index (χ3n) is 1.17. The predicted octanol–water partition coefficient (Wildman–Crippen LogP) is -2.65. The van der Waals surface area contributed by atoms with Crippen molar-refractivity contribution in [3.8, 4) is 0 Å². The molecule has 0 radical (unpaired) electrons. The minimum absolute atomic E-state index is 0.695. The first kappa shape index (κ1) is 14.3. The van der Waals surface area contributed by atoms with E-state index in [2.05, 4.69) is 0 Å². The fourth-order valence-corrected chi connectivity index (χ4v) is 3.83. The molecular formula is C5H11NO7S2. The van der Waals surface area contributed by atoms with Gasteiger partial charge >= 0.3 is 5.97 Å².